The molecule has 3 aromatic rings. The fourth-order valence-corrected chi connectivity index (χ4v) is 3.51. The van der Waals surface area contributed by atoms with Crippen molar-refractivity contribution in [3.8, 4) is 0 Å². The zero-order valence-corrected chi connectivity index (χ0v) is 18.3. The van der Waals surface area contributed by atoms with Gasteiger partial charge >= 0.3 is 0 Å². The molecular weight excluding hydrogens is 402 g/mol. The van der Waals surface area contributed by atoms with E-state index in [1.54, 1.807) is 6.92 Å². The highest BCUT2D eigenvalue weighted by Crippen LogP contribution is 2.18. The third-order valence-electron chi connectivity index (χ3n) is 5.27. The maximum absolute atomic E-state index is 12.3. The zero-order chi connectivity index (χ0) is 22.8. The van der Waals surface area contributed by atoms with E-state index in [0.717, 1.165) is 5.56 Å². The molecule has 3 rings (SSSR count). The summed E-state index contributed by atoms with van der Waals surface area (Å²) in [5.41, 5.74) is 2.24. The molecular formula is C26H29N3O3. The number of carbonyl (C=O) groups excluding carboxylic acids is 3. The van der Waals surface area contributed by atoms with Gasteiger partial charge < -0.3 is 16.0 Å². The summed E-state index contributed by atoms with van der Waals surface area (Å²) in [6, 6.07) is 23.3. The standard InChI is InChI=1S/C26H29N3O3/c1-19(29-25(31)18-28-24(30)15-14-20-8-3-2-4-9-20)26(32)27-17-16-22-12-7-11-21-10-5-6-13-23(21)22/h2-13,19H,14-18H2,1H3,(H,27,32)(H,28,30)(H,29,31). The molecule has 1 unspecified atom stereocenters. The van der Waals surface area contributed by atoms with Gasteiger partial charge in [0.25, 0.3) is 0 Å². The van der Waals surface area contributed by atoms with E-state index in [2.05, 4.69) is 40.2 Å². The molecule has 0 radical (unpaired) electrons. The Morgan fingerprint density at radius 2 is 1.50 bits per heavy atom. The summed E-state index contributed by atoms with van der Waals surface area (Å²) >= 11 is 0. The van der Waals surface area contributed by atoms with Crippen molar-refractivity contribution in [3.63, 3.8) is 0 Å². The summed E-state index contributed by atoms with van der Waals surface area (Å²) in [6.07, 6.45) is 1.62. The number of hydrogen-bond donors (Lipinski definition) is 3. The van der Waals surface area contributed by atoms with Crippen LogP contribution in [0.4, 0.5) is 0 Å². The molecule has 166 valence electrons. The van der Waals surface area contributed by atoms with Crippen LogP contribution in [-0.2, 0) is 27.2 Å². The Bertz CT molecular complexity index is 1060. The highest BCUT2D eigenvalue weighted by molar-refractivity contribution is 5.90. The van der Waals surface area contributed by atoms with Crippen LogP contribution in [0.15, 0.2) is 72.8 Å². The molecule has 3 N–H and O–H groups in total. The van der Waals surface area contributed by atoms with Crippen molar-refractivity contribution >= 4 is 28.5 Å². The Hall–Kier alpha value is -3.67. The van der Waals surface area contributed by atoms with Crippen LogP contribution in [0.2, 0.25) is 0 Å². The SMILES string of the molecule is CC(NC(=O)CNC(=O)CCc1ccccc1)C(=O)NCCc1cccc2ccccc12. The van der Waals surface area contributed by atoms with Crippen LogP contribution in [0.5, 0.6) is 0 Å². The second-order valence-corrected chi connectivity index (χ2v) is 7.73. The Morgan fingerprint density at radius 1 is 0.781 bits per heavy atom. The van der Waals surface area contributed by atoms with Crippen molar-refractivity contribution in [2.75, 3.05) is 13.1 Å². The van der Waals surface area contributed by atoms with Crippen molar-refractivity contribution < 1.29 is 14.4 Å². The first kappa shape index (κ1) is 23.0. The Morgan fingerprint density at radius 3 is 2.31 bits per heavy atom. The number of aryl methyl sites for hydroxylation is 1. The van der Waals surface area contributed by atoms with Crippen molar-refractivity contribution in [2.45, 2.75) is 32.2 Å². The minimum Gasteiger partial charge on any atom is -0.354 e. The first-order chi connectivity index (χ1) is 15.5. The molecule has 6 nitrogen and oxygen atoms in total. The van der Waals surface area contributed by atoms with Crippen LogP contribution in [0.3, 0.4) is 0 Å². The van der Waals surface area contributed by atoms with Gasteiger partial charge in [0.2, 0.25) is 17.7 Å². The van der Waals surface area contributed by atoms with Gasteiger partial charge in [-0.05, 0) is 41.7 Å². The number of hydrogen-bond acceptors (Lipinski definition) is 3. The summed E-state index contributed by atoms with van der Waals surface area (Å²) in [7, 11) is 0. The van der Waals surface area contributed by atoms with Crippen LogP contribution < -0.4 is 16.0 Å². The lowest BCUT2D eigenvalue weighted by Gasteiger charge is -2.15. The Kier molecular flexibility index (Phi) is 8.37. The molecule has 0 aliphatic heterocycles. The Labute approximate surface area is 188 Å². The predicted molar refractivity (Wildman–Crippen MR) is 126 cm³/mol. The summed E-state index contributed by atoms with van der Waals surface area (Å²) in [5, 5.41) is 10.4. The fourth-order valence-electron chi connectivity index (χ4n) is 3.51. The summed E-state index contributed by atoms with van der Waals surface area (Å²) in [5.74, 6) is -0.847. The molecule has 0 fully saturated rings. The average molecular weight is 432 g/mol. The largest absolute Gasteiger partial charge is 0.354 e. The molecule has 0 bridgehead atoms. The van der Waals surface area contributed by atoms with E-state index in [1.807, 2.05) is 48.5 Å². The quantitative estimate of drug-likeness (QED) is 0.461. The van der Waals surface area contributed by atoms with Gasteiger partial charge in [0.1, 0.15) is 6.04 Å². The van der Waals surface area contributed by atoms with E-state index in [0.29, 0.717) is 25.8 Å². The van der Waals surface area contributed by atoms with E-state index in [-0.39, 0.29) is 18.4 Å². The number of nitrogens with one attached hydrogen (secondary N) is 3. The maximum atomic E-state index is 12.3. The molecule has 0 aliphatic rings. The van der Waals surface area contributed by atoms with Gasteiger partial charge in [-0.3, -0.25) is 14.4 Å². The third-order valence-corrected chi connectivity index (χ3v) is 5.27. The van der Waals surface area contributed by atoms with Crippen molar-refractivity contribution in [2.24, 2.45) is 0 Å². The van der Waals surface area contributed by atoms with Crippen molar-refractivity contribution in [1.29, 1.82) is 0 Å². The van der Waals surface area contributed by atoms with Gasteiger partial charge in [-0.25, -0.2) is 0 Å². The van der Waals surface area contributed by atoms with Crippen molar-refractivity contribution in [1.82, 2.24) is 16.0 Å². The van der Waals surface area contributed by atoms with Crippen LogP contribution in [0.1, 0.15) is 24.5 Å². The lowest BCUT2D eigenvalue weighted by atomic mass is 10.0. The third kappa shape index (κ3) is 6.94. The molecule has 3 aromatic carbocycles. The van der Waals surface area contributed by atoms with Gasteiger partial charge in [0, 0.05) is 13.0 Å². The van der Waals surface area contributed by atoms with Gasteiger partial charge in [-0.15, -0.1) is 0 Å². The number of carbonyl (C=O) groups is 3. The minimum absolute atomic E-state index is 0.152. The number of benzene rings is 3. The molecule has 32 heavy (non-hydrogen) atoms. The van der Waals surface area contributed by atoms with E-state index < -0.39 is 11.9 Å². The molecule has 0 aliphatic carbocycles. The first-order valence-electron chi connectivity index (χ1n) is 10.9. The average Bonchev–Trinajstić information content (AvgIpc) is 2.82. The molecule has 0 spiro atoms. The molecule has 0 saturated heterocycles. The fraction of sp³-hybridized carbons (Fsp3) is 0.269. The maximum Gasteiger partial charge on any atom is 0.242 e. The number of fused-ring (bicyclic) bond motifs is 1. The second kappa shape index (κ2) is 11.6. The summed E-state index contributed by atoms with van der Waals surface area (Å²) < 4.78 is 0. The second-order valence-electron chi connectivity index (χ2n) is 7.73. The van der Waals surface area contributed by atoms with Gasteiger partial charge in [-0.1, -0.05) is 72.8 Å². The monoisotopic (exact) mass is 431 g/mol. The lowest BCUT2D eigenvalue weighted by molar-refractivity contribution is -0.129. The van der Waals surface area contributed by atoms with Crippen LogP contribution in [-0.4, -0.2) is 36.9 Å². The van der Waals surface area contributed by atoms with Gasteiger partial charge in [0.05, 0.1) is 6.54 Å². The molecule has 0 heterocycles. The van der Waals surface area contributed by atoms with E-state index in [4.69, 9.17) is 0 Å². The van der Waals surface area contributed by atoms with E-state index in [9.17, 15) is 14.4 Å². The van der Waals surface area contributed by atoms with Crippen LogP contribution >= 0.6 is 0 Å². The summed E-state index contributed by atoms with van der Waals surface area (Å²) in [4.78, 5) is 36.3. The zero-order valence-electron chi connectivity index (χ0n) is 18.3. The van der Waals surface area contributed by atoms with Crippen molar-refractivity contribution in [3.05, 3.63) is 83.9 Å². The van der Waals surface area contributed by atoms with Crippen LogP contribution in [0.25, 0.3) is 10.8 Å². The first-order valence-corrected chi connectivity index (χ1v) is 10.9. The van der Waals surface area contributed by atoms with Gasteiger partial charge in [0.15, 0.2) is 0 Å². The Balaban J connectivity index is 1.35. The molecule has 3 amide bonds. The summed E-state index contributed by atoms with van der Waals surface area (Å²) in [6.45, 7) is 1.95. The lowest BCUT2D eigenvalue weighted by Crippen LogP contribution is -2.48. The predicted octanol–water partition coefficient (Wildman–Crippen LogP) is 2.75. The minimum atomic E-state index is -0.684. The number of rotatable bonds is 10. The smallest absolute Gasteiger partial charge is 0.242 e. The van der Waals surface area contributed by atoms with E-state index in [1.165, 1.54) is 16.3 Å². The van der Waals surface area contributed by atoms with Gasteiger partial charge in [-0.2, -0.15) is 0 Å². The highest BCUT2D eigenvalue weighted by Gasteiger charge is 2.15. The normalized spacial score (nSPS) is 11.5. The van der Waals surface area contributed by atoms with E-state index >= 15 is 0 Å². The molecule has 1 atom stereocenters. The van der Waals surface area contributed by atoms with Crippen LogP contribution in [0, 0.1) is 0 Å². The molecule has 0 aromatic heterocycles. The molecule has 6 heteroatoms. The molecule has 0 saturated carbocycles. The topological polar surface area (TPSA) is 87.3 Å². The highest BCUT2D eigenvalue weighted by atomic mass is 16.2. The number of amides is 3.